The average molecular weight is 304 g/mol. The van der Waals surface area contributed by atoms with E-state index in [4.69, 9.17) is 0 Å². The molecule has 0 saturated carbocycles. The minimum Gasteiger partial charge on any atom is -0.258 e. The van der Waals surface area contributed by atoms with Crippen molar-refractivity contribution in [1.29, 1.82) is 0 Å². The number of nitro benzene ring substituents is 1. The van der Waals surface area contributed by atoms with Gasteiger partial charge < -0.3 is 0 Å². The van der Waals surface area contributed by atoms with Crippen LogP contribution in [0.3, 0.4) is 0 Å². The summed E-state index contributed by atoms with van der Waals surface area (Å²) in [6, 6.07) is 12.4. The predicted octanol–water partition coefficient (Wildman–Crippen LogP) is 2.95. The maximum Gasteiger partial charge on any atom is 0.273 e. The second-order valence-electron chi connectivity index (χ2n) is 4.54. The van der Waals surface area contributed by atoms with Crippen LogP contribution in [0, 0.1) is 17.0 Å². The molecule has 0 heterocycles. The molecule has 5 nitrogen and oxygen atoms in total. The highest BCUT2D eigenvalue weighted by Gasteiger charge is 2.22. The van der Waals surface area contributed by atoms with Gasteiger partial charge in [0, 0.05) is 11.6 Å². The molecule has 6 heteroatoms. The Morgan fingerprint density at radius 3 is 2.33 bits per heavy atom. The molecular weight excluding hydrogens is 290 g/mol. The molecule has 0 unspecified atom stereocenters. The SMILES string of the molecule is [CH2]Cc1ccc([N+](=O)[O-])c(CS(=O)(=O)c2ccccc2)c1. The van der Waals surface area contributed by atoms with Crippen molar-refractivity contribution >= 4 is 15.5 Å². The molecule has 0 aliphatic carbocycles. The fraction of sp³-hybridized carbons (Fsp3) is 0.133. The Bertz CT molecular complexity index is 754. The molecule has 2 aromatic rings. The van der Waals surface area contributed by atoms with Gasteiger partial charge in [-0.1, -0.05) is 24.3 Å². The van der Waals surface area contributed by atoms with Crippen molar-refractivity contribution in [2.75, 3.05) is 0 Å². The predicted molar refractivity (Wildman–Crippen MR) is 79.5 cm³/mol. The van der Waals surface area contributed by atoms with Gasteiger partial charge in [-0.25, -0.2) is 8.42 Å². The Labute approximate surface area is 123 Å². The van der Waals surface area contributed by atoms with Crippen LogP contribution in [0.25, 0.3) is 0 Å². The van der Waals surface area contributed by atoms with Crippen LogP contribution in [-0.4, -0.2) is 13.3 Å². The summed E-state index contributed by atoms with van der Waals surface area (Å²) in [7, 11) is -3.62. The lowest BCUT2D eigenvalue weighted by atomic mass is 10.1. The fourth-order valence-corrected chi connectivity index (χ4v) is 3.38. The molecule has 1 radical (unpaired) electrons. The molecule has 0 bridgehead atoms. The molecule has 2 rings (SSSR count). The minimum atomic E-state index is -3.62. The summed E-state index contributed by atoms with van der Waals surface area (Å²) in [6.45, 7) is 3.71. The van der Waals surface area contributed by atoms with Gasteiger partial charge in [-0.2, -0.15) is 0 Å². The van der Waals surface area contributed by atoms with E-state index in [0.29, 0.717) is 6.42 Å². The first-order valence-electron chi connectivity index (χ1n) is 6.27. The molecule has 0 N–H and O–H groups in total. The number of rotatable bonds is 5. The first kappa shape index (κ1) is 15.2. The molecule has 0 amide bonds. The lowest BCUT2D eigenvalue weighted by Gasteiger charge is -2.07. The van der Waals surface area contributed by atoms with E-state index in [-0.39, 0.29) is 16.1 Å². The largest absolute Gasteiger partial charge is 0.273 e. The standard InChI is InChI=1S/C15H14NO4S/c1-2-12-8-9-15(16(17)18)13(10-12)11-21(19,20)14-6-4-3-5-7-14/h3-10H,1-2,11H2. The molecule has 0 atom stereocenters. The first-order chi connectivity index (χ1) is 9.94. The molecule has 0 aromatic heterocycles. The van der Waals surface area contributed by atoms with Crippen molar-refractivity contribution < 1.29 is 13.3 Å². The summed E-state index contributed by atoms with van der Waals surface area (Å²) in [5.74, 6) is -0.402. The molecule has 0 aliphatic rings. The van der Waals surface area contributed by atoms with E-state index in [1.807, 2.05) is 0 Å². The normalized spacial score (nSPS) is 11.3. The minimum absolute atomic E-state index is 0.152. The molecule has 0 fully saturated rings. The van der Waals surface area contributed by atoms with Crippen molar-refractivity contribution in [3.63, 3.8) is 0 Å². The van der Waals surface area contributed by atoms with Gasteiger partial charge in [0.25, 0.3) is 5.69 Å². The van der Waals surface area contributed by atoms with Gasteiger partial charge in [0.1, 0.15) is 0 Å². The van der Waals surface area contributed by atoms with E-state index in [9.17, 15) is 18.5 Å². The van der Waals surface area contributed by atoms with Crippen LogP contribution in [0.4, 0.5) is 5.69 Å². The number of nitrogens with zero attached hydrogens (tertiary/aromatic N) is 1. The Morgan fingerprint density at radius 2 is 1.76 bits per heavy atom. The number of hydrogen-bond donors (Lipinski definition) is 0. The van der Waals surface area contributed by atoms with E-state index in [2.05, 4.69) is 6.92 Å². The average Bonchev–Trinajstić information content (AvgIpc) is 2.47. The third kappa shape index (κ3) is 3.46. The van der Waals surface area contributed by atoms with Crippen LogP contribution < -0.4 is 0 Å². The third-order valence-electron chi connectivity index (χ3n) is 3.08. The highest BCUT2D eigenvalue weighted by Crippen LogP contribution is 2.25. The molecule has 0 aliphatic heterocycles. The second-order valence-corrected chi connectivity index (χ2v) is 6.53. The molecular formula is C15H14NO4S. The number of nitro groups is 1. The van der Waals surface area contributed by atoms with Gasteiger partial charge in [0.15, 0.2) is 9.84 Å². The summed E-state index contributed by atoms with van der Waals surface area (Å²) in [6.07, 6.45) is 0.441. The quantitative estimate of drug-likeness (QED) is 0.628. The lowest BCUT2D eigenvalue weighted by molar-refractivity contribution is -0.385. The Hall–Kier alpha value is -2.21. The highest BCUT2D eigenvalue weighted by molar-refractivity contribution is 7.90. The van der Waals surface area contributed by atoms with Crippen LogP contribution in [0.2, 0.25) is 0 Å². The van der Waals surface area contributed by atoms with Crippen LogP contribution in [-0.2, 0) is 22.0 Å². The third-order valence-corrected chi connectivity index (χ3v) is 4.76. The molecule has 109 valence electrons. The van der Waals surface area contributed by atoms with E-state index >= 15 is 0 Å². The van der Waals surface area contributed by atoms with Crippen LogP contribution in [0.5, 0.6) is 0 Å². The van der Waals surface area contributed by atoms with Crippen LogP contribution in [0.1, 0.15) is 11.1 Å². The van der Waals surface area contributed by atoms with E-state index < -0.39 is 20.5 Å². The molecule has 21 heavy (non-hydrogen) atoms. The zero-order valence-corrected chi connectivity index (χ0v) is 12.0. The number of sulfone groups is 1. The van der Waals surface area contributed by atoms with Crippen molar-refractivity contribution in [3.8, 4) is 0 Å². The van der Waals surface area contributed by atoms with E-state index in [1.165, 1.54) is 24.3 Å². The van der Waals surface area contributed by atoms with Gasteiger partial charge in [0.2, 0.25) is 0 Å². The Balaban J connectivity index is 2.45. The fourth-order valence-electron chi connectivity index (χ4n) is 2.00. The number of hydrogen-bond acceptors (Lipinski definition) is 4. The van der Waals surface area contributed by atoms with E-state index in [1.54, 1.807) is 24.3 Å². The summed E-state index contributed by atoms with van der Waals surface area (Å²) < 4.78 is 24.7. The van der Waals surface area contributed by atoms with E-state index in [0.717, 1.165) is 5.56 Å². The Morgan fingerprint density at radius 1 is 1.10 bits per heavy atom. The zero-order chi connectivity index (χ0) is 15.5. The highest BCUT2D eigenvalue weighted by atomic mass is 32.2. The zero-order valence-electron chi connectivity index (χ0n) is 11.2. The molecule has 0 saturated heterocycles. The van der Waals surface area contributed by atoms with Crippen LogP contribution in [0.15, 0.2) is 53.4 Å². The summed E-state index contributed by atoms with van der Waals surface area (Å²) in [5, 5.41) is 11.0. The summed E-state index contributed by atoms with van der Waals surface area (Å²) >= 11 is 0. The lowest BCUT2D eigenvalue weighted by Crippen LogP contribution is -2.07. The smallest absolute Gasteiger partial charge is 0.258 e. The Kier molecular flexibility index (Phi) is 4.37. The molecule has 2 aromatic carbocycles. The second kappa shape index (κ2) is 6.05. The van der Waals surface area contributed by atoms with Crippen molar-refractivity contribution in [2.45, 2.75) is 17.1 Å². The van der Waals surface area contributed by atoms with Crippen molar-refractivity contribution in [3.05, 3.63) is 76.7 Å². The molecule has 0 spiro atoms. The number of benzene rings is 2. The first-order valence-corrected chi connectivity index (χ1v) is 7.92. The summed E-state index contributed by atoms with van der Waals surface area (Å²) in [4.78, 5) is 10.6. The van der Waals surface area contributed by atoms with Crippen molar-refractivity contribution in [2.24, 2.45) is 0 Å². The van der Waals surface area contributed by atoms with Gasteiger partial charge in [-0.05, 0) is 37.1 Å². The topological polar surface area (TPSA) is 77.3 Å². The van der Waals surface area contributed by atoms with Gasteiger partial charge in [-0.15, -0.1) is 0 Å². The van der Waals surface area contributed by atoms with Crippen molar-refractivity contribution in [1.82, 2.24) is 0 Å². The van der Waals surface area contributed by atoms with Gasteiger partial charge >= 0.3 is 0 Å². The monoisotopic (exact) mass is 304 g/mol. The summed E-state index contributed by atoms with van der Waals surface area (Å²) in [5.41, 5.74) is 0.760. The van der Waals surface area contributed by atoms with Crippen LogP contribution >= 0.6 is 0 Å². The maximum absolute atomic E-state index is 12.3. The van der Waals surface area contributed by atoms with Gasteiger partial charge in [-0.3, -0.25) is 10.1 Å². The van der Waals surface area contributed by atoms with Gasteiger partial charge in [0.05, 0.1) is 15.6 Å². The maximum atomic E-state index is 12.3.